The molecule has 10 heteroatoms. The van der Waals surface area contributed by atoms with Gasteiger partial charge in [-0.15, -0.1) is 21.5 Å². The summed E-state index contributed by atoms with van der Waals surface area (Å²) in [6.45, 7) is 4.05. The molecule has 160 valence electrons. The molecular formula is C21H18ClFN4O2S2. The van der Waals surface area contributed by atoms with Crippen molar-refractivity contribution >= 4 is 32.8 Å². The third-order valence-electron chi connectivity index (χ3n) is 4.58. The van der Waals surface area contributed by atoms with E-state index in [1.54, 1.807) is 24.3 Å². The lowest BCUT2D eigenvalue weighted by Crippen LogP contribution is -2.13. The van der Waals surface area contributed by atoms with Gasteiger partial charge in [0.25, 0.3) is 5.16 Å². The Bertz CT molecular complexity index is 1330. The van der Waals surface area contributed by atoms with Crippen LogP contribution in [0.4, 0.5) is 4.39 Å². The standard InChI is InChI=1S/C21H18ClFN4O2S2/c1-13(2)18-11-30-20(24-18)19-25-26-21(27(19)16-6-4-3-5-7-16)31(28,29)12-14-10-15(22)8-9-17(14)23/h3-11,13H,12H2,1-2H3. The highest BCUT2D eigenvalue weighted by atomic mass is 35.5. The van der Waals surface area contributed by atoms with Crippen molar-refractivity contribution in [2.24, 2.45) is 0 Å². The first-order chi connectivity index (χ1) is 14.8. The van der Waals surface area contributed by atoms with Gasteiger partial charge < -0.3 is 0 Å². The first-order valence-electron chi connectivity index (χ1n) is 9.39. The molecule has 0 N–H and O–H groups in total. The number of sulfone groups is 1. The minimum Gasteiger partial charge on any atom is -0.264 e. The number of para-hydroxylation sites is 1. The summed E-state index contributed by atoms with van der Waals surface area (Å²) in [5.74, 6) is -0.722. The molecule has 31 heavy (non-hydrogen) atoms. The Morgan fingerprint density at radius 2 is 1.87 bits per heavy atom. The molecule has 0 bridgehead atoms. The molecule has 0 saturated heterocycles. The molecule has 0 aliphatic carbocycles. The minimum atomic E-state index is -4.06. The third-order valence-corrected chi connectivity index (χ3v) is 7.19. The Balaban J connectivity index is 1.86. The normalized spacial score (nSPS) is 11.9. The zero-order valence-electron chi connectivity index (χ0n) is 16.7. The van der Waals surface area contributed by atoms with Crippen molar-refractivity contribution in [1.82, 2.24) is 19.7 Å². The fourth-order valence-electron chi connectivity index (χ4n) is 3.00. The fourth-order valence-corrected chi connectivity index (χ4v) is 5.54. The van der Waals surface area contributed by atoms with Gasteiger partial charge in [0.2, 0.25) is 9.84 Å². The maximum atomic E-state index is 14.2. The molecule has 2 heterocycles. The highest BCUT2D eigenvalue weighted by Crippen LogP contribution is 2.31. The van der Waals surface area contributed by atoms with E-state index in [1.807, 2.05) is 25.3 Å². The van der Waals surface area contributed by atoms with Crippen LogP contribution in [0.25, 0.3) is 16.5 Å². The second-order valence-electron chi connectivity index (χ2n) is 7.20. The van der Waals surface area contributed by atoms with Crippen molar-refractivity contribution in [3.63, 3.8) is 0 Å². The quantitative estimate of drug-likeness (QED) is 0.378. The summed E-state index contributed by atoms with van der Waals surface area (Å²) in [7, 11) is -4.06. The first-order valence-corrected chi connectivity index (χ1v) is 12.3. The van der Waals surface area contributed by atoms with Gasteiger partial charge in [0.1, 0.15) is 5.82 Å². The summed E-state index contributed by atoms with van der Waals surface area (Å²) in [5.41, 5.74) is 1.41. The van der Waals surface area contributed by atoms with Crippen LogP contribution in [0.3, 0.4) is 0 Å². The van der Waals surface area contributed by atoms with E-state index in [4.69, 9.17) is 11.6 Å². The summed E-state index contributed by atoms with van der Waals surface area (Å²) in [5, 5.41) is 10.6. The predicted octanol–water partition coefficient (Wildman–Crippen LogP) is 5.28. The van der Waals surface area contributed by atoms with Crippen LogP contribution in [0.15, 0.2) is 59.1 Å². The van der Waals surface area contributed by atoms with Crippen molar-refractivity contribution in [3.05, 3.63) is 76.0 Å². The van der Waals surface area contributed by atoms with Gasteiger partial charge in [0.15, 0.2) is 10.8 Å². The SMILES string of the molecule is CC(C)c1csc(-c2nnc(S(=O)(=O)Cc3cc(Cl)ccc3F)n2-c2ccccc2)n1. The van der Waals surface area contributed by atoms with Gasteiger partial charge in [0.05, 0.1) is 11.4 Å². The van der Waals surface area contributed by atoms with Gasteiger partial charge in [-0.1, -0.05) is 43.6 Å². The van der Waals surface area contributed by atoms with Gasteiger partial charge in [-0.25, -0.2) is 17.8 Å². The number of benzene rings is 2. The smallest absolute Gasteiger partial charge is 0.255 e. The van der Waals surface area contributed by atoms with E-state index in [-0.39, 0.29) is 21.7 Å². The molecule has 0 saturated carbocycles. The number of aromatic nitrogens is 4. The molecule has 0 fully saturated rings. The van der Waals surface area contributed by atoms with Crippen LogP contribution < -0.4 is 0 Å². The van der Waals surface area contributed by atoms with Gasteiger partial charge in [-0.2, -0.15) is 0 Å². The van der Waals surface area contributed by atoms with Gasteiger partial charge in [-0.3, -0.25) is 4.57 Å². The topological polar surface area (TPSA) is 77.7 Å². The Morgan fingerprint density at radius 3 is 2.55 bits per heavy atom. The maximum absolute atomic E-state index is 14.2. The van der Waals surface area contributed by atoms with Crippen molar-refractivity contribution in [1.29, 1.82) is 0 Å². The molecule has 4 aromatic rings. The lowest BCUT2D eigenvalue weighted by Gasteiger charge is -2.10. The summed E-state index contributed by atoms with van der Waals surface area (Å²) in [4.78, 5) is 4.59. The fraction of sp³-hybridized carbons (Fsp3) is 0.190. The average Bonchev–Trinajstić information content (AvgIpc) is 3.38. The average molecular weight is 477 g/mol. The van der Waals surface area contributed by atoms with Crippen molar-refractivity contribution in [3.8, 4) is 16.5 Å². The first kappa shape index (κ1) is 21.6. The van der Waals surface area contributed by atoms with E-state index < -0.39 is 21.4 Å². The highest BCUT2D eigenvalue weighted by Gasteiger charge is 2.29. The molecule has 0 aliphatic heterocycles. The second kappa shape index (κ2) is 8.49. The molecule has 6 nitrogen and oxygen atoms in total. The number of hydrogen-bond donors (Lipinski definition) is 0. The Labute approximate surface area is 188 Å². The van der Waals surface area contributed by atoms with Crippen LogP contribution >= 0.6 is 22.9 Å². The molecule has 0 radical (unpaired) electrons. The zero-order valence-corrected chi connectivity index (χ0v) is 19.0. The van der Waals surface area contributed by atoms with Crippen molar-refractivity contribution in [2.75, 3.05) is 0 Å². The Kier molecular flexibility index (Phi) is 5.92. The molecule has 0 unspecified atom stereocenters. The van der Waals surface area contributed by atoms with Gasteiger partial charge in [0, 0.05) is 21.7 Å². The lowest BCUT2D eigenvalue weighted by molar-refractivity contribution is 0.576. The maximum Gasteiger partial charge on any atom is 0.255 e. The summed E-state index contributed by atoms with van der Waals surface area (Å²) >= 11 is 7.29. The molecule has 4 rings (SSSR count). The summed E-state index contributed by atoms with van der Waals surface area (Å²) in [6.07, 6.45) is 0. The van der Waals surface area contributed by atoms with Gasteiger partial charge >= 0.3 is 0 Å². The van der Waals surface area contributed by atoms with Crippen molar-refractivity contribution < 1.29 is 12.8 Å². The number of rotatable bonds is 6. The summed E-state index contributed by atoms with van der Waals surface area (Å²) in [6, 6.07) is 12.7. The predicted molar refractivity (Wildman–Crippen MR) is 119 cm³/mol. The largest absolute Gasteiger partial charge is 0.264 e. The van der Waals surface area contributed by atoms with E-state index in [9.17, 15) is 12.8 Å². The summed E-state index contributed by atoms with van der Waals surface area (Å²) < 4.78 is 42.2. The number of hydrogen-bond acceptors (Lipinski definition) is 6. The van der Waals surface area contributed by atoms with Crippen LogP contribution in [0.1, 0.15) is 31.0 Å². The minimum absolute atomic E-state index is 0.0343. The molecule has 2 aromatic carbocycles. The van der Waals surface area contributed by atoms with Crippen LogP contribution in [0.2, 0.25) is 5.02 Å². The van der Waals surface area contributed by atoms with E-state index in [2.05, 4.69) is 15.2 Å². The zero-order chi connectivity index (χ0) is 22.2. The van der Waals surface area contributed by atoms with E-state index in [0.29, 0.717) is 16.5 Å². The van der Waals surface area contributed by atoms with Crippen LogP contribution in [-0.4, -0.2) is 28.2 Å². The monoisotopic (exact) mass is 476 g/mol. The van der Waals surface area contributed by atoms with E-state index in [0.717, 1.165) is 11.8 Å². The van der Waals surface area contributed by atoms with Crippen molar-refractivity contribution in [2.45, 2.75) is 30.7 Å². The number of thiazole rings is 1. The lowest BCUT2D eigenvalue weighted by atomic mass is 10.2. The molecular weight excluding hydrogens is 459 g/mol. The Morgan fingerprint density at radius 1 is 1.13 bits per heavy atom. The second-order valence-corrected chi connectivity index (χ2v) is 10.4. The molecule has 0 spiro atoms. The van der Waals surface area contributed by atoms with Crippen LogP contribution in [-0.2, 0) is 15.6 Å². The highest BCUT2D eigenvalue weighted by molar-refractivity contribution is 7.90. The third kappa shape index (κ3) is 4.39. The number of halogens is 2. The molecule has 0 amide bonds. The van der Waals surface area contributed by atoms with E-state index in [1.165, 1.54) is 28.0 Å². The van der Waals surface area contributed by atoms with Gasteiger partial charge in [-0.05, 0) is 36.2 Å². The molecule has 2 aromatic heterocycles. The Hall–Kier alpha value is -2.62. The molecule has 0 atom stereocenters. The molecule has 0 aliphatic rings. The number of nitrogens with zero attached hydrogens (tertiary/aromatic N) is 4. The van der Waals surface area contributed by atoms with Crippen LogP contribution in [0, 0.1) is 5.82 Å². The van der Waals surface area contributed by atoms with Crippen LogP contribution in [0.5, 0.6) is 0 Å². The van der Waals surface area contributed by atoms with E-state index >= 15 is 0 Å².